The van der Waals surface area contributed by atoms with Gasteiger partial charge in [-0.05, 0) is 38.0 Å². The lowest BCUT2D eigenvalue weighted by Crippen LogP contribution is -2.37. The molecule has 0 heterocycles. The summed E-state index contributed by atoms with van der Waals surface area (Å²) in [7, 11) is -3.90. The number of aryl methyl sites for hydroxylation is 1. The minimum atomic E-state index is -3.90. The Labute approximate surface area is 125 Å². The molecule has 1 amide bonds. The van der Waals surface area contributed by atoms with Gasteiger partial charge in [-0.1, -0.05) is 19.4 Å². The predicted molar refractivity (Wildman–Crippen MR) is 80.6 cm³/mol. The van der Waals surface area contributed by atoms with Crippen LogP contribution in [0.25, 0.3) is 0 Å². The average Bonchev–Trinajstić information content (AvgIpc) is 2.39. The molecule has 21 heavy (non-hydrogen) atoms. The number of sulfonamides is 1. The molecule has 0 aliphatic rings. The highest BCUT2D eigenvalue weighted by atomic mass is 32.2. The molecule has 0 spiro atoms. The van der Waals surface area contributed by atoms with Crippen molar-refractivity contribution in [2.45, 2.75) is 44.6 Å². The van der Waals surface area contributed by atoms with E-state index >= 15 is 0 Å². The van der Waals surface area contributed by atoms with E-state index in [-0.39, 0.29) is 16.6 Å². The number of amides is 1. The smallest absolute Gasteiger partial charge is 0.260 e. The average molecular weight is 314 g/mol. The quantitative estimate of drug-likeness (QED) is 0.742. The van der Waals surface area contributed by atoms with Gasteiger partial charge in [-0.15, -0.1) is 0 Å². The summed E-state index contributed by atoms with van der Waals surface area (Å²) in [5, 5.41) is 7.90. The number of unbranched alkanes of at least 4 members (excludes halogenated alkanes) is 1. The van der Waals surface area contributed by atoms with Crippen molar-refractivity contribution in [3.63, 3.8) is 0 Å². The van der Waals surface area contributed by atoms with Gasteiger partial charge in [0.2, 0.25) is 10.0 Å². The van der Waals surface area contributed by atoms with Crippen LogP contribution in [0.2, 0.25) is 0 Å². The van der Waals surface area contributed by atoms with Crippen molar-refractivity contribution in [2.75, 3.05) is 6.54 Å². The third-order valence-electron chi connectivity index (χ3n) is 2.91. The van der Waals surface area contributed by atoms with Crippen LogP contribution in [0, 0.1) is 6.92 Å². The zero-order valence-corrected chi connectivity index (χ0v) is 13.4. The fraction of sp³-hybridized carbons (Fsp3) is 0.500. The lowest BCUT2D eigenvalue weighted by molar-refractivity contribution is -0.127. The summed E-state index contributed by atoms with van der Waals surface area (Å²) in [5.74, 6) is -0.203. The van der Waals surface area contributed by atoms with Crippen molar-refractivity contribution in [1.82, 2.24) is 5.32 Å². The van der Waals surface area contributed by atoms with Gasteiger partial charge in [-0.25, -0.2) is 13.6 Å². The first-order chi connectivity index (χ1) is 9.75. The van der Waals surface area contributed by atoms with Crippen molar-refractivity contribution in [3.05, 3.63) is 23.8 Å². The van der Waals surface area contributed by atoms with Crippen LogP contribution in [0.1, 0.15) is 32.3 Å². The molecule has 1 rings (SSSR count). The van der Waals surface area contributed by atoms with E-state index in [1.165, 1.54) is 12.1 Å². The Balaban J connectivity index is 2.85. The van der Waals surface area contributed by atoms with Gasteiger partial charge >= 0.3 is 0 Å². The summed E-state index contributed by atoms with van der Waals surface area (Å²) in [6.45, 7) is 5.91. The van der Waals surface area contributed by atoms with Crippen LogP contribution >= 0.6 is 0 Å². The number of ether oxygens (including phenoxy) is 1. The number of hydrogen-bond acceptors (Lipinski definition) is 4. The van der Waals surface area contributed by atoms with E-state index in [2.05, 4.69) is 5.32 Å². The van der Waals surface area contributed by atoms with Crippen LogP contribution in [-0.4, -0.2) is 27.0 Å². The Morgan fingerprint density at radius 2 is 2.10 bits per heavy atom. The highest BCUT2D eigenvalue weighted by molar-refractivity contribution is 7.89. The maximum absolute atomic E-state index is 11.8. The zero-order valence-electron chi connectivity index (χ0n) is 12.5. The molecule has 0 radical (unpaired) electrons. The number of benzene rings is 1. The Bertz CT molecular complexity index is 599. The fourth-order valence-corrected chi connectivity index (χ4v) is 2.46. The lowest BCUT2D eigenvalue weighted by atomic mass is 10.2. The van der Waals surface area contributed by atoms with Crippen LogP contribution in [0.4, 0.5) is 0 Å². The maximum atomic E-state index is 11.8. The molecule has 6 nitrogen and oxygen atoms in total. The van der Waals surface area contributed by atoms with Gasteiger partial charge in [0.05, 0.1) is 0 Å². The number of carbonyl (C=O) groups is 1. The molecular formula is C14H22N2O4S. The zero-order chi connectivity index (χ0) is 16.0. The summed E-state index contributed by atoms with van der Waals surface area (Å²) in [6, 6.07) is 4.63. The monoisotopic (exact) mass is 314 g/mol. The number of nitrogens with two attached hydrogens (primary N) is 1. The van der Waals surface area contributed by atoms with E-state index in [0.29, 0.717) is 6.54 Å². The summed E-state index contributed by atoms with van der Waals surface area (Å²) in [6.07, 6.45) is 1.05. The summed E-state index contributed by atoms with van der Waals surface area (Å²) < 4.78 is 28.6. The first-order valence-electron chi connectivity index (χ1n) is 6.83. The molecule has 0 aromatic heterocycles. The maximum Gasteiger partial charge on any atom is 0.260 e. The number of rotatable bonds is 7. The first kappa shape index (κ1) is 17.5. The molecule has 3 N–H and O–H groups in total. The van der Waals surface area contributed by atoms with Crippen LogP contribution < -0.4 is 15.2 Å². The molecule has 0 bridgehead atoms. The third-order valence-corrected chi connectivity index (χ3v) is 3.84. The Morgan fingerprint density at radius 3 is 2.67 bits per heavy atom. The molecule has 0 aliphatic carbocycles. The number of hydrogen-bond donors (Lipinski definition) is 2. The van der Waals surface area contributed by atoms with Crippen LogP contribution in [-0.2, 0) is 14.8 Å². The van der Waals surface area contributed by atoms with Crippen molar-refractivity contribution >= 4 is 15.9 Å². The highest BCUT2D eigenvalue weighted by Gasteiger charge is 2.20. The molecular weight excluding hydrogens is 292 g/mol. The molecule has 1 atom stereocenters. The SMILES string of the molecule is CCCCNC(=O)C(C)Oc1ccc(C)cc1S(N)(=O)=O. The normalized spacial score (nSPS) is 12.8. The van der Waals surface area contributed by atoms with E-state index in [4.69, 9.17) is 9.88 Å². The second-order valence-electron chi connectivity index (χ2n) is 4.90. The standard InChI is InChI=1S/C14H22N2O4S/c1-4-5-8-16-14(17)11(3)20-12-7-6-10(2)9-13(12)21(15,18)19/h6-7,9,11H,4-5,8H2,1-3H3,(H,16,17)(H2,15,18,19). The Hall–Kier alpha value is -1.60. The largest absolute Gasteiger partial charge is 0.479 e. The molecule has 0 saturated heterocycles. The Kier molecular flexibility index (Phi) is 6.17. The number of nitrogens with one attached hydrogen (secondary N) is 1. The number of carbonyl (C=O) groups excluding carboxylic acids is 1. The second kappa shape index (κ2) is 7.42. The third kappa shape index (κ3) is 5.35. The van der Waals surface area contributed by atoms with Gasteiger partial charge in [0.15, 0.2) is 6.10 Å². The van der Waals surface area contributed by atoms with Crippen molar-refractivity contribution in [1.29, 1.82) is 0 Å². The summed E-state index contributed by atoms with van der Waals surface area (Å²) in [4.78, 5) is 11.7. The van der Waals surface area contributed by atoms with E-state index in [9.17, 15) is 13.2 Å². The molecule has 0 fully saturated rings. The lowest BCUT2D eigenvalue weighted by Gasteiger charge is -2.17. The topological polar surface area (TPSA) is 98.5 Å². The minimum Gasteiger partial charge on any atom is -0.479 e. The number of primary sulfonamides is 1. The molecule has 1 unspecified atom stereocenters. The minimum absolute atomic E-state index is 0.0845. The molecule has 1 aromatic carbocycles. The Morgan fingerprint density at radius 1 is 1.43 bits per heavy atom. The van der Waals surface area contributed by atoms with Crippen molar-refractivity contribution in [3.8, 4) is 5.75 Å². The van der Waals surface area contributed by atoms with Crippen molar-refractivity contribution < 1.29 is 17.9 Å². The highest BCUT2D eigenvalue weighted by Crippen LogP contribution is 2.24. The van der Waals surface area contributed by atoms with Gasteiger partial charge in [-0.2, -0.15) is 0 Å². The summed E-state index contributed by atoms with van der Waals surface area (Å²) >= 11 is 0. The van der Waals surface area contributed by atoms with E-state index in [1.807, 2.05) is 6.92 Å². The van der Waals surface area contributed by atoms with Crippen LogP contribution in [0.5, 0.6) is 5.75 Å². The molecule has 118 valence electrons. The van der Waals surface area contributed by atoms with Crippen molar-refractivity contribution in [2.24, 2.45) is 5.14 Å². The fourth-order valence-electron chi connectivity index (χ4n) is 1.71. The predicted octanol–water partition coefficient (Wildman–Crippen LogP) is 1.33. The van der Waals surface area contributed by atoms with Crippen LogP contribution in [0.15, 0.2) is 23.1 Å². The molecule has 1 aromatic rings. The van der Waals surface area contributed by atoms with Gasteiger partial charge in [-0.3, -0.25) is 4.79 Å². The summed E-state index contributed by atoms with van der Waals surface area (Å²) in [5.41, 5.74) is 0.742. The second-order valence-corrected chi connectivity index (χ2v) is 6.43. The molecule has 0 aliphatic heterocycles. The first-order valence-corrected chi connectivity index (χ1v) is 8.38. The van der Waals surface area contributed by atoms with Gasteiger partial charge in [0.1, 0.15) is 10.6 Å². The van der Waals surface area contributed by atoms with Gasteiger partial charge < -0.3 is 10.1 Å². The van der Waals surface area contributed by atoms with Gasteiger partial charge in [0.25, 0.3) is 5.91 Å². The van der Waals surface area contributed by atoms with E-state index < -0.39 is 16.1 Å². The van der Waals surface area contributed by atoms with E-state index in [1.54, 1.807) is 19.9 Å². The van der Waals surface area contributed by atoms with Crippen LogP contribution in [0.3, 0.4) is 0 Å². The molecule has 7 heteroatoms. The van der Waals surface area contributed by atoms with E-state index in [0.717, 1.165) is 18.4 Å². The molecule has 0 saturated carbocycles. The van der Waals surface area contributed by atoms with Gasteiger partial charge in [0, 0.05) is 6.54 Å².